The fourth-order valence-electron chi connectivity index (χ4n) is 3.66. The van der Waals surface area contributed by atoms with Gasteiger partial charge in [-0.15, -0.1) is 24.0 Å². The molecule has 1 aromatic heterocycles. The summed E-state index contributed by atoms with van der Waals surface area (Å²) in [5, 5.41) is 8.01. The molecular weight excluding hydrogens is 529 g/mol. The highest BCUT2D eigenvalue weighted by molar-refractivity contribution is 14.0. The zero-order valence-corrected chi connectivity index (χ0v) is 20.5. The Balaban J connectivity index is 0.00000272. The summed E-state index contributed by atoms with van der Waals surface area (Å²) in [5.41, 5.74) is 2.14. The first-order valence-electron chi connectivity index (χ1n) is 9.84. The highest BCUT2D eigenvalue weighted by atomic mass is 127. The molecule has 164 valence electrons. The first kappa shape index (κ1) is 23.3. The lowest BCUT2D eigenvalue weighted by Gasteiger charge is -2.21. The van der Waals surface area contributed by atoms with E-state index in [0.717, 1.165) is 36.8 Å². The fraction of sp³-hybridized carbons (Fsp3) is 0.318. The van der Waals surface area contributed by atoms with Crippen LogP contribution in [0.15, 0.2) is 58.0 Å². The first-order valence-corrected chi connectivity index (χ1v) is 10.2. The molecule has 1 aliphatic rings. The molecule has 2 heterocycles. The van der Waals surface area contributed by atoms with E-state index < -0.39 is 0 Å². The van der Waals surface area contributed by atoms with Crippen molar-refractivity contribution in [1.82, 2.24) is 20.4 Å². The summed E-state index contributed by atoms with van der Waals surface area (Å²) in [5.74, 6) is 3.19. The summed E-state index contributed by atoms with van der Waals surface area (Å²) in [6.07, 6.45) is 1.08. The molecule has 9 heteroatoms. The van der Waals surface area contributed by atoms with Crippen LogP contribution < -0.4 is 10.1 Å². The highest BCUT2D eigenvalue weighted by Crippen LogP contribution is 2.28. The number of hydrogen-bond acceptors (Lipinski definition) is 5. The average Bonchev–Trinajstić information content (AvgIpc) is 3.45. The Kier molecular flexibility index (Phi) is 8.14. The third-order valence-corrected chi connectivity index (χ3v) is 5.47. The molecule has 0 amide bonds. The number of nitrogens with zero attached hydrogens (tertiary/aromatic N) is 4. The minimum atomic E-state index is 0. The van der Waals surface area contributed by atoms with Crippen molar-refractivity contribution in [3.63, 3.8) is 0 Å². The van der Waals surface area contributed by atoms with Crippen molar-refractivity contribution < 1.29 is 9.26 Å². The summed E-state index contributed by atoms with van der Waals surface area (Å²) in [6, 6.07) is 15.7. The third kappa shape index (κ3) is 5.68. The SMILES string of the molecule is CN=C(NCc1nc(-c2cccc(Cl)c2)no1)N1CCC(c2ccc(OC)cc2)C1.I. The predicted octanol–water partition coefficient (Wildman–Crippen LogP) is 4.58. The van der Waals surface area contributed by atoms with Gasteiger partial charge in [0.15, 0.2) is 5.96 Å². The van der Waals surface area contributed by atoms with Gasteiger partial charge in [-0.25, -0.2) is 0 Å². The lowest BCUT2D eigenvalue weighted by molar-refractivity contribution is 0.372. The van der Waals surface area contributed by atoms with E-state index in [1.807, 2.05) is 36.4 Å². The maximum atomic E-state index is 6.04. The van der Waals surface area contributed by atoms with Crippen LogP contribution in [0.25, 0.3) is 11.4 Å². The average molecular weight is 554 g/mol. The molecule has 31 heavy (non-hydrogen) atoms. The number of benzene rings is 2. The lowest BCUT2D eigenvalue weighted by Crippen LogP contribution is -2.39. The Labute approximate surface area is 203 Å². The van der Waals surface area contributed by atoms with Gasteiger partial charge in [-0.1, -0.05) is 41.0 Å². The molecule has 1 atom stereocenters. The van der Waals surface area contributed by atoms with Gasteiger partial charge >= 0.3 is 0 Å². The summed E-state index contributed by atoms with van der Waals surface area (Å²) in [4.78, 5) is 11.1. The number of halogens is 2. The monoisotopic (exact) mass is 553 g/mol. The molecule has 1 aliphatic heterocycles. The molecule has 0 spiro atoms. The molecule has 0 radical (unpaired) electrons. The van der Waals surface area contributed by atoms with Crippen molar-refractivity contribution in [2.45, 2.75) is 18.9 Å². The maximum absolute atomic E-state index is 6.04. The lowest BCUT2D eigenvalue weighted by atomic mass is 9.98. The van der Waals surface area contributed by atoms with Crippen LogP contribution in [0, 0.1) is 0 Å². The maximum Gasteiger partial charge on any atom is 0.246 e. The van der Waals surface area contributed by atoms with Gasteiger partial charge in [-0.3, -0.25) is 4.99 Å². The third-order valence-electron chi connectivity index (χ3n) is 5.24. The molecule has 4 rings (SSSR count). The number of guanidine groups is 1. The molecule has 0 saturated carbocycles. The molecule has 0 aliphatic carbocycles. The number of methoxy groups -OCH3 is 1. The molecule has 0 bridgehead atoms. The van der Waals surface area contributed by atoms with E-state index in [9.17, 15) is 0 Å². The van der Waals surface area contributed by atoms with Crippen LogP contribution in [0.1, 0.15) is 23.8 Å². The Bertz CT molecular complexity index is 1020. The van der Waals surface area contributed by atoms with E-state index in [0.29, 0.717) is 29.2 Å². The van der Waals surface area contributed by atoms with Gasteiger partial charge in [0.05, 0.1) is 13.7 Å². The minimum absolute atomic E-state index is 0. The molecule has 1 saturated heterocycles. The van der Waals surface area contributed by atoms with Crippen LogP contribution in [0.2, 0.25) is 5.02 Å². The van der Waals surface area contributed by atoms with Gasteiger partial charge in [0, 0.05) is 36.6 Å². The second-order valence-corrected chi connectivity index (χ2v) is 7.56. The zero-order chi connectivity index (χ0) is 20.9. The molecule has 1 unspecified atom stereocenters. The molecule has 3 aromatic rings. The molecule has 2 aromatic carbocycles. The number of aromatic nitrogens is 2. The van der Waals surface area contributed by atoms with Crippen LogP contribution in [0.5, 0.6) is 5.75 Å². The highest BCUT2D eigenvalue weighted by Gasteiger charge is 2.26. The van der Waals surface area contributed by atoms with Crippen LogP contribution >= 0.6 is 35.6 Å². The summed E-state index contributed by atoms with van der Waals surface area (Å²) in [7, 11) is 3.47. The Morgan fingerprint density at radius 2 is 2.10 bits per heavy atom. The van der Waals surface area contributed by atoms with Gasteiger partial charge < -0.3 is 19.5 Å². The number of ether oxygens (including phenoxy) is 1. The van der Waals surface area contributed by atoms with Gasteiger partial charge in [0.1, 0.15) is 5.75 Å². The van der Waals surface area contributed by atoms with Crippen LogP contribution in [-0.2, 0) is 6.54 Å². The predicted molar refractivity (Wildman–Crippen MR) is 132 cm³/mol. The van der Waals surface area contributed by atoms with Gasteiger partial charge in [0.2, 0.25) is 11.7 Å². The van der Waals surface area contributed by atoms with Crippen LogP contribution in [0.3, 0.4) is 0 Å². The largest absolute Gasteiger partial charge is 0.497 e. The quantitative estimate of drug-likeness (QED) is 0.283. The first-order chi connectivity index (χ1) is 14.7. The van der Waals surface area contributed by atoms with E-state index in [4.69, 9.17) is 20.9 Å². The second-order valence-electron chi connectivity index (χ2n) is 7.13. The van der Waals surface area contributed by atoms with Gasteiger partial charge in [0.25, 0.3) is 0 Å². The van der Waals surface area contributed by atoms with Gasteiger partial charge in [-0.05, 0) is 36.2 Å². The Morgan fingerprint density at radius 1 is 1.29 bits per heavy atom. The van der Waals surface area contributed by atoms with Crippen molar-refractivity contribution >= 4 is 41.5 Å². The summed E-state index contributed by atoms with van der Waals surface area (Å²) < 4.78 is 10.6. The van der Waals surface area contributed by atoms with Crippen LogP contribution in [0.4, 0.5) is 0 Å². The van der Waals surface area contributed by atoms with Gasteiger partial charge in [-0.2, -0.15) is 4.98 Å². The minimum Gasteiger partial charge on any atom is -0.497 e. The van der Waals surface area contributed by atoms with E-state index in [1.54, 1.807) is 14.2 Å². The second kappa shape index (κ2) is 10.8. The number of hydrogen-bond donors (Lipinski definition) is 1. The molecule has 1 N–H and O–H groups in total. The van der Waals surface area contributed by atoms with E-state index in [1.165, 1.54) is 5.56 Å². The fourth-order valence-corrected chi connectivity index (χ4v) is 3.85. The van der Waals surface area contributed by atoms with Crippen molar-refractivity contribution in [3.8, 4) is 17.1 Å². The number of rotatable bonds is 5. The van der Waals surface area contributed by atoms with E-state index in [-0.39, 0.29) is 24.0 Å². The zero-order valence-electron chi connectivity index (χ0n) is 17.4. The number of aliphatic imine (C=N–C) groups is 1. The summed E-state index contributed by atoms with van der Waals surface area (Å²) in [6.45, 7) is 2.25. The van der Waals surface area contributed by atoms with E-state index in [2.05, 4.69) is 37.5 Å². The molecular formula is C22H25ClIN5O2. The number of likely N-dealkylation sites (tertiary alicyclic amines) is 1. The topological polar surface area (TPSA) is 75.8 Å². The standard InChI is InChI=1S/C22H24ClN5O2.HI/c1-24-22(28-11-10-17(14-28)15-6-8-19(29-2)9-7-15)25-13-20-26-21(27-30-20)16-4-3-5-18(23)12-16;/h3-9,12,17H,10-11,13-14H2,1-2H3,(H,24,25);1H. The van der Waals surface area contributed by atoms with Crippen molar-refractivity contribution in [1.29, 1.82) is 0 Å². The smallest absolute Gasteiger partial charge is 0.246 e. The summed E-state index contributed by atoms with van der Waals surface area (Å²) >= 11 is 6.04. The Hall–Kier alpha value is -2.33. The van der Waals surface area contributed by atoms with E-state index >= 15 is 0 Å². The van der Waals surface area contributed by atoms with Crippen LogP contribution in [-0.4, -0.2) is 48.2 Å². The number of nitrogens with one attached hydrogen (secondary N) is 1. The van der Waals surface area contributed by atoms with Crippen molar-refractivity contribution in [3.05, 3.63) is 65.0 Å². The van der Waals surface area contributed by atoms with Crippen molar-refractivity contribution in [2.75, 3.05) is 27.2 Å². The normalized spacial score (nSPS) is 16.2. The molecule has 1 fully saturated rings. The molecule has 7 nitrogen and oxygen atoms in total. The Morgan fingerprint density at radius 3 is 2.81 bits per heavy atom. The van der Waals surface area contributed by atoms with Crippen molar-refractivity contribution in [2.24, 2.45) is 4.99 Å².